The van der Waals surface area contributed by atoms with Crippen LogP contribution in [0.5, 0.6) is 0 Å². The van der Waals surface area contributed by atoms with E-state index >= 15 is 0 Å². The lowest BCUT2D eigenvalue weighted by Crippen LogP contribution is -2.35. The average Bonchev–Trinajstić information content (AvgIpc) is 2.62. The van der Waals surface area contributed by atoms with Gasteiger partial charge in [0.05, 0.1) is 5.92 Å². The molecule has 1 aromatic carbocycles. The van der Waals surface area contributed by atoms with E-state index in [1.807, 2.05) is 6.07 Å². The first-order chi connectivity index (χ1) is 10.3. The summed E-state index contributed by atoms with van der Waals surface area (Å²) in [6.07, 6.45) is 3.60. The number of para-hydroxylation sites is 1. The van der Waals surface area contributed by atoms with Crippen LogP contribution < -0.4 is 5.73 Å². The molecule has 1 heterocycles. The lowest BCUT2D eigenvalue weighted by Gasteiger charge is -2.35. The van der Waals surface area contributed by atoms with Gasteiger partial charge in [0, 0.05) is 27.1 Å². The predicted molar refractivity (Wildman–Crippen MR) is 93.9 cm³/mol. The van der Waals surface area contributed by atoms with E-state index in [4.69, 9.17) is 5.73 Å². The number of benzene rings is 1. The number of carbonyl (C=O) groups is 1. The molecule has 3 rings (SSSR count). The largest absolute Gasteiger partial charge is 0.369 e. The number of carbonyl (C=O) groups excluding carboxylic acids is 1. The van der Waals surface area contributed by atoms with Crippen molar-refractivity contribution in [3.8, 4) is 0 Å². The first-order valence-electron chi connectivity index (χ1n) is 7.90. The number of rotatable bonds is 3. The summed E-state index contributed by atoms with van der Waals surface area (Å²) in [5, 5.41) is 1.17. The Morgan fingerprint density at radius 1 is 1.32 bits per heavy atom. The lowest BCUT2D eigenvalue weighted by molar-refractivity contribution is -0.121. The quantitative estimate of drug-likeness (QED) is 0.841. The molecule has 0 bridgehead atoms. The van der Waals surface area contributed by atoms with E-state index in [0.717, 1.165) is 10.2 Å². The van der Waals surface area contributed by atoms with Crippen LogP contribution >= 0.6 is 15.9 Å². The van der Waals surface area contributed by atoms with E-state index in [2.05, 4.69) is 59.5 Å². The molecule has 0 radical (unpaired) electrons. The Labute approximate surface area is 140 Å². The van der Waals surface area contributed by atoms with Gasteiger partial charge in [-0.15, -0.1) is 0 Å². The summed E-state index contributed by atoms with van der Waals surface area (Å²) in [7, 11) is 0. The van der Waals surface area contributed by atoms with Gasteiger partial charge in [0.25, 0.3) is 0 Å². The summed E-state index contributed by atoms with van der Waals surface area (Å²) >= 11 is 3.76. The van der Waals surface area contributed by atoms with Crippen LogP contribution in [-0.4, -0.2) is 10.5 Å². The van der Waals surface area contributed by atoms with E-state index in [1.54, 1.807) is 0 Å². The second-order valence-corrected chi connectivity index (χ2v) is 8.17. The highest BCUT2D eigenvalue weighted by molar-refractivity contribution is 9.10. The molecule has 1 atom stereocenters. The summed E-state index contributed by atoms with van der Waals surface area (Å²) in [4.78, 5) is 12.2. The molecule has 0 aliphatic heterocycles. The van der Waals surface area contributed by atoms with Gasteiger partial charge in [-0.25, -0.2) is 0 Å². The molecule has 1 saturated carbocycles. The molecule has 118 valence electrons. The van der Waals surface area contributed by atoms with Crippen LogP contribution in [0, 0.1) is 5.41 Å². The number of hydrogen-bond acceptors (Lipinski definition) is 1. The van der Waals surface area contributed by atoms with Crippen molar-refractivity contribution in [2.24, 2.45) is 11.1 Å². The molecular formula is C18H23BrN2O. The first kappa shape index (κ1) is 15.6. The normalized spacial score (nSPS) is 17.5. The summed E-state index contributed by atoms with van der Waals surface area (Å²) in [5.74, 6) is -0.563. The van der Waals surface area contributed by atoms with E-state index < -0.39 is 0 Å². The minimum absolute atomic E-state index is 0.218. The third kappa shape index (κ3) is 2.37. The number of nitrogens with two attached hydrogens (primary N) is 1. The highest BCUT2D eigenvalue weighted by atomic mass is 79.9. The van der Waals surface area contributed by atoms with Crippen LogP contribution in [0.1, 0.15) is 57.7 Å². The number of fused-ring (bicyclic) bond motifs is 1. The average molecular weight is 363 g/mol. The highest BCUT2D eigenvalue weighted by Gasteiger charge is 2.38. The van der Waals surface area contributed by atoms with E-state index in [9.17, 15) is 4.79 Å². The Balaban J connectivity index is 2.31. The zero-order valence-electron chi connectivity index (χ0n) is 13.4. The second-order valence-electron chi connectivity index (χ2n) is 7.37. The summed E-state index contributed by atoms with van der Waals surface area (Å²) < 4.78 is 3.39. The van der Waals surface area contributed by atoms with Gasteiger partial charge in [0.1, 0.15) is 0 Å². The topological polar surface area (TPSA) is 48.0 Å². The van der Waals surface area contributed by atoms with Gasteiger partial charge in [-0.05, 0) is 46.7 Å². The van der Waals surface area contributed by atoms with E-state index in [-0.39, 0.29) is 17.2 Å². The van der Waals surface area contributed by atoms with Gasteiger partial charge >= 0.3 is 0 Å². The number of aromatic nitrogens is 1. The molecule has 4 heteroatoms. The standard InChI is InChI=1S/C18H23BrN2O/c1-18(2,3)14(17(20)22)16-15(19)12-9-4-5-10-13(12)21(16)11-7-6-8-11/h4-5,9-11,14H,6-8H2,1-3H3,(H2,20,22). The maximum absolute atomic E-state index is 12.2. The molecule has 1 amide bonds. The molecule has 1 unspecified atom stereocenters. The van der Waals surface area contributed by atoms with Gasteiger partial charge in [0.15, 0.2) is 0 Å². The number of hydrogen-bond donors (Lipinski definition) is 1. The number of amides is 1. The summed E-state index contributed by atoms with van der Waals surface area (Å²) in [5.41, 5.74) is 7.83. The molecule has 0 spiro atoms. The van der Waals surface area contributed by atoms with Crippen molar-refractivity contribution in [2.45, 2.75) is 52.0 Å². The van der Waals surface area contributed by atoms with Gasteiger partial charge in [-0.3, -0.25) is 4.79 Å². The first-order valence-corrected chi connectivity index (χ1v) is 8.69. The monoisotopic (exact) mass is 362 g/mol. The molecule has 1 fully saturated rings. The van der Waals surface area contributed by atoms with Crippen molar-refractivity contribution < 1.29 is 4.79 Å². The van der Waals surface area contributed by atoms with Crippen molar-refractivity contribution in [1.82, 2.24) is 4.57 Å². The van der Waals surface area contributed by atoms with Crippen molar-refractivity contribution in [1.29, 1.82) is 0 Å². The smallest absolute Gasteiger partial charge is 0.227 e. The van der Waals surface area contributed by atoms with E-state index in [1.165, 1.54) is 30.2 Å². The third-order valence-electron chi connectivity index (χ3n) is 4.75. The van der Waals surface area contributed by atoms with Gasteiger partial charge < -0.3 is 10.3 Å². The van der Waals surface area contributed by atoms with Crippen LogP contribution in [0.2, 0.25) is 0 Å². The van der Waals surface area contributed by atoms with Gasteiger partial charge in [-0.1, -0.05) is 39.0 Å². The Hall–Kier alpha value is -1.29. The lowest BCUT2D eigenvalue weighted by atomic mass is 9.77. The van der Waals surface area contributed by atoms with Crippen molar-refractivity contribution in [3.63, 3.8) is 0 Å². The fourth-order valence-electron chi connectivity index (χ4n) is 3.52. The molecule has 22 heavy (non-hydrogen) atoms. The third-order valence-corrected chi connectivity index (χ3v) is 5.58. The van der Waals surface area contributed by atoms with Crippen molar-refractivity contribution >= 4 is 32.7 Å². The molecule has 2 aromatic rings. The predicted octanol–water partition coefficient (Wildman–Crippen LogP) is 4.74. The van der Waals surface area contributed by atoms with Crippen LogP contribution in [0.4, 0.5) is 0 Å². The molecule has 2 N–H and O–H groups in total. The number of nitrogens with zero attached hydrogens (tertiary/aromatic N) is 1. The molecule has 1 aliphatic rings. The minimum Gasteiger partial charge on any atom is -0.369 e. The van der Waals surface area contributed by atoms with Crippen LogP contribution in [0.25, 0.3) is 10.9 Å². The summed E-state index contributed by atoms with van der Waals surface area (Å²) in [6.45, 7) is 6.24. The molecule has 3 nitrogen and oxygen atoms in total. The molecular weight excluding hydrogens is 340 g/mol. The zero-order chi connectivity index (χ0) is 16.1. The molecule has 0 saturated heterocycles. The Bertz CT molecular complexity index is 722. The number of primary amides is 1. The van der Waals surface area contributed by atoms with Crippen LogP contribution in [0.15, 0.2) is 28.7 Å². The maximum Gasteiger partial charge on any atom is 0.227 e. The van der Waals surface area contributed by atoms with Crippen LogP contribution in [0.3, 0.4) is 0 Å². The Kier molecular flexibility index (Phi) is 3.84. The zero-order valence-corrected chi connectivity index (χ0v) is 15.0. The maximum atomic E-state index is 12.2. The SMILES string of the molecule is CC(C)(C)C(C(N)=O)c1c(Br)c2ccccc2n1C1CCC1. The minimum atomic E-state index is -0.310. The summed E-state index contributed by atoms with van der Waals surface area (Å²) in [6, 6.07) is 8.83. The van der Waals surface area contributed by atoms with Crippen molar-refractivity contribution in [2.75, 3.05) is 0 Å². The van der Waals surface area contributed by atoms with Crippen LogP contribution in [-0.2, 0) is 4.79 Å². The Morgan fingerprint density at radius 2 is 1.95 bits per heavy atom. The fraction of sp³-hybridized carbons (Fsp3) is 0.500. The van der Waals surface area contributed by atoms with Crippen molar-refractivity contribution in [3.05, 3.63) is 34.4 Å². The van der Waals surface area contributed by atoms with E-state index in [0.29, 0.717) is 6.04 Å². The molecule has 1 aromatic heterocycles. The fourth-order valence-corrected chi connectivity index (χ4v) is 4.27. The number of halogens is 1. The highest BCUT2D eigenvalue weighted by Crippen LogP contribution is 2.47. The second kappa shape index (κ2) is 5.41. The Morgan fingerprint density at radius 3 is 2.45 bits per heavy atom. The van der Waals surface area contributed by atoms with Gasteiger partial charge in [-0.2, -0.15) is 0 Å². The van der Waals surface area contributed by atoms with Gasteiger partial charge in [0.2, 0.25) is 5.91 Å². The molecule has 1 aliphatic carbocycles.